The highest BCUT2D eigenvalue weighted by Gasteiger charge is 2.36. The van der Waals surface area contributed by atoms with Crippen molar-refractivity contribution in [3.05, 3.63) is 65.6 Å². The lowest BCUT2D eigenvalue weighted by Crippen LogP contribution is -2.31. The molecule has 0 saturated carbocycles. The maximum absolute atomic E-state index is 14.3. The Bertz CT molecular complexity index is 1390. The molecule has 0 aliphatic carbocycles. The molecule has 1 aliphatic rings. The Morgan fingerprint density at radius 1 is 1.25 bits per heavy atom. The third-order valence-electron chi connectivity index (χ3n) is 6.11. The van der Waals surface area contributed by atoms with Crippen LogP contribution in [0.15, 0.2) is 47.2 Å². The van der Waals surface area contributed by atoms with E-state index in [9.17, 15) is 9.18 Å². The number of benzene rings is 2. The van der Waals surface area contributed by atoms with E-state index in [0.29, 0.717) is 35.5 Å². The number of nitrogens with zero attached hydrogens (tertiary/aromatic N) is 6. The van der Waals surface area contributed by atoms with Gasteiger partial charge in [0.1, 0.15) is 11.8 Å². The highest BCUT2D eigenvalue weighted by Crippen LogP contribution is 2.37. The number of ether oxygens (including phenoxy) is 2. The lowest BCUT2D eigenvalue weighted by Gasteiger charge is -2.23. The number of halogens is 1. The number of aromatic nitrogens is 5. The summed E-state index contributed by atoms with van der Waals surface area (Å²) in [6, 6.07) is 7.63. The summed E-state index contributed by atoms with van der Waals surface area (Å²) in [6.45, 7) is 4.46. The fourth-order valence-electron chi connectivity index (χ4n) is 4.45. The summed E-state index contributed by atoms with van der Waals surface area (Å²) in [5.74, 6) is 0.385. The van der Waals surface area contributed by atoms with Crippen LogP contribution in [-0.4, -0.2) is 56.2 Å². The summed E-state index contributed by atoms with van der Waals surface area (Å²) < 4.78 is 30.9. The molecule has 0 bridgehead atoms. The van der Waals surface area contributed by atoms with E-state index >= 15 is 0 Å². The molecule has 1 fully saturated rings. The zero-order valence-corrected chi connectivity index (χ0v) is 20.1. The van der Waals surface area contributed by atoms with Crippen LogP contribution >= 0.6 is 0 Å². The number of hydrogen-bond acceptors (Lipinski definition) is 8. The monoisotopic (exact) mass is 492 g/mol. The first-order valence-electron chi connectivity index (χ1n) is 11.6. The first-order chi connectivity index (χ1) is 17.5. The first-order valence-corrected chi connectivity index (χ1v) is 11.6. The third kappa shape index (κ3) is 4.16. The van der Waals surface area contributed by atoms with Crippen molar-refractivity contribution in [2.75, 3.05) is 20.3 Å². The molecule has 186 valence electrons. The second-order valence-corrected chi connectivity index (χ2v) is 8.32. The minimum Gasteiger partial charge on any atom is -0.496 e. The van der Waals surface area contributed by atoms with Crippen molar-refractivity contribution in [3.63, 3.8) is 0 Å². The lowest BCUT2D eigenvalue weighted by molar-refractivity contribution is 0.0709. The van der Waals surface area contributed by atoms with Gasteiger partial charge in [-0.2, -0.15) is 20.0 Å². The van der Waals surface area contributed by atoms with Crippen LogP contribution in [0.1, 0.15) is 47.6 Å². The molecule has 1 saturated heterocycles. The molecule has 10 nitrogen and oxygen atoms in total. The number of rotatable bonds is 7. The number of carbonyl (C=O) groups is 1. The number of aryl methyl sites for hydroxylation is 1. The molecule has 1 unspecified atom stereocenters. The number of carbonyl (C=O) groups excluding carboxylic acids is 1. The predicted octanol–water partition coefficient (Wildman–Crippen LogP) is 4.15. The van der Waals surface area contributed by atoms with Crippen LogP contribution in [0.4, 0.5) is 4.39 Å². The summed E-state index contributed by atoms with van der Waals surface area (Å²) in [4.78, 5) is 21.5. The number of amides is 1. The van der Waals surface area contributed by atoms with Gasteiger partial charge < -0.3 is 18.9 Å². The van der Waals surface area contributed by atoms with Crippen molar-refractivity contribution in [1.29, 1.82) is 0 Å². The van der Waals surface area contributed by atoms with Crippen LogP contribution in [0, 0.1) is 12.7 Å². The van der Waals surface area contributed by atoms with E-state index in [1.165, 1.54) is 10.9 Å². The first kappa shape index (κ1) is 23.5. The lowest BCUT2D eigenvalue weighted by atomic mass is 10.1. The second-order valence-electron chi connectivity index (χ2n) is 8.32. The highest BCUT2D eigenvalue weighted by molar-refractivity contribution is 5.98. The molecule has 1 aliphatic heterocycles. The Kier molecular flexibility index (Phi) is 6.36. The van der Waals surface area contributed by atoms with Gasteiger partial charge in [0.05, 0.1) is 42.9 Å². The Hall–Kier alpha value is -4.28. The summed E-state index contributed by atoms with van der Waals surface area (Å²) in [5.41, 5.74) is 2.17. The average molecular weight is 493 g/mol. The standard InChI is InChI=1S/C25H25FN6O4/c1-4-35-22-16(7-5-8-18(22)26)23-29-24(36-30-23)19-9-6-12-31(19)25(33)17-14-21(34-3)15(2)13-20(17)32-27-10-11-28-32/h5,7-8,10-11,13-14,19H,4,6,9,12H2,1-3H3. The van der Waals surface area contributed by atoms with Gasteiger partial charge in [0.15, 0.2) is 11.6 Å². The predicted molar refractivity (Wildman–Crippen MR) is 127 cm³/mol. The van der Waals surface area contributed by atoms with Crippen molar-refractivity contribution in [2.45, 2.75) is 32.7 Å². The number of methoxy groups -OCH3 is 1. The van der Waals surface area contributed by atoms with Gasteiger partial charge in [-0.25, -0.2) is 4.39 Å². The van der Waals surface area contributed by atoms with Crippen LogP contribution in [0.3, 0.4) is 0 Å². The van der Waals surface area contributed by atoms with Gasteiger partial charge in [0.25, 0.3) is 5.91 Å². The number of hydrogen-bond donors (Lipinski definition) is 0. The van der Waals surface area contributed by atoms with E-state index in [0.717, 1.165) is 12.0 Å². The maximum Gasteiger partial charge on any atom is 0.256 e. The number of para-hydroxylation sites is 1. The van der Waals surface area contributed by atoms with Crippen LogP contribution in [0.5, 0.6) is 11.5 Å². The normalized spacial score (nSPS) is 15.3. The quantitative estimate of drug-likeness (QED) is 0.379. The van der Waals surface area contributed by atoms with Crippen LogP contribution < -0.4 is 9.47 Å². The van der Waals surface area contributed by atoms with Gasteiger partial charge in [-0.05, 0) is 56.5 Å². The highest BCUT2D eigenvalue weighted by atomic mass is 19.1. The molecule has 1 atom stereocenters. The maximum atomic E-state index is 14.3. The molecule has 2 aromatic carbocycles. The summed E-state index contributed by atoms with van der Waals surface area (Å²) in [6.07, 6.45) is 4.51. The van der Waals surface area contributed by atoms with Crippen LogP contribution in [-0.2, 0) is 0 Å². The van der Waals surface area contributed by atoms with Gasteiger partial charge in [0, 0.05) is 6.54 Å². The molecule has 0 radical (unpaired) electrons. The van der Waals surface area contributed by atoms with Crippen molar-refractivity contribution < 1.29 is 23.2 Å². The van der Waals surface area contributed by atoms with Crippen molar-refractivity contribution in [1.82, 2.24) is 30.0 Å². The van der Waals surface area contributed by atoms with Crippen molar-refractivity contribution in [2.24, 2.45) is 0 Å². The smallest absolute Gasteiger partial charge is 0.256 e. The van der Waals surface area contributed by atoms with Gasteiger partial charge in [-0.1, -0.05) is 11.2 Å². The third-order valence-corrected chi connectivity index (χ3v) is 6.11. The fraction of sp³-hybridized carbons (Fsp3) is 0.320. The molecule has 11 heteroatoms. The molecule has 4 aromatic rings. The molecule has 5 rings (SSSR count). The minimum atomic E-state index is -0.508. The van der Waals surface area contributed by atoms with Crippen molar-refractivity contribution in [3.8, 4) is 28.6 Å². The van der Waals surface area contributed by atoms with Gasteiger partial charge in [-0.15, -0.1) is 0 Å². The molecule has 0 spiro atoms. The Balaban J connectivity index is 1.49. The molecule has 36 heavy (non-hydrogen) atoms. The van der Waals surface area contributed by atoms with E-state index in [4.69, 9.17) is 14.0 Å². The second kappa shape index (κ2) is 9.76. The molecular formula is C25H25FN6O4. The van der Waals surface area contributed by atoms with Gasteiger partial charge in [0.2, 0.25) is 11.7 Å². The number of likely N-dealkylation sites (tertiary alicyclic amines) is 1. The SMILES string of the molecule is CCOc1c(F)cccc1-c1noc(C2CCCN2C(=O)c2cc(OC)c(C)cc2-n2nccn2)n1. The van der Waals surface area contributed by atoms with E-state index in [-0.39, 0.29) is 30.0 Å². The van der Waals surface area contributed by atoms with E-state index in [2.05, 4.69) is 20.3 Å². The molecular weight excluding hydrogens is 467 g/mol. The zero-order valence-electron chi connectivity index (χ0n) is 20.1. The van der Waals surface area contributed by atoms with Crippen LogP contribution in [0.25, 0.3) is 17.1 Å². The summed E-state index contributed by atoms with van der Waals surface area (Å²) in [5, 5.41) is 12.5. The van der Waals surface area contributed by atoms with Gasteiger partial charge >= 0.3 is 0 Å². The average Bonchev–Trinajstić information content (AvgIpc) is 3.66. The molecule has 0 N–H and O–H groups in total. The van der Waals surface area contributed by atoms with Gasteiger partial charge in [-0.3, -0.25) is 4.79 Å². The van der Waals surface area contributed by atoms with Crippen LogP contribution in [0.2, 0.25) is 0 Å². The summed E-state index contributed by atoms with van der Waals surface area (Å²) >= 11 is 0. The molecule has 2 aromatic heterocycles. The topological polar surface area (TPSA) is 108 Å². The Morgan fingerprint density at radius 3 is 2.81 bits per heavy atom. The van der Waals surface area contributed by atoms with E-state index in [1.807, 2.05) is 13.0 Å². The van der Waals surface area contributed by atoms with E-state index < -0.39 is 11.9 Å². The van der Waals surface area contributed by atoms with Crippen molar-refractivity contribution >= 4 is 5.91 Å². The minimum absolute atomic E-state index is 0.0646. The van der Waals surface area contributed by atoms with E-state index in [1.54, 1.807) is 49.5 Å². The Morgan fingerprint density at radius 2 is 2.06 bits per heavy atom. The largest absolute Gasteiger partial charge is 0.496 e. The molecule has 1 amide bonds. The molecule has 3 heterocycles. The zero-order chi connectivity index (χ0) is 25.2. The fourth-order valence-corrected chi connectivity index (χ4v) is 4.45. The Labute approximate surface area is 206 Å². The summed E-state index contributed by atoms with van der Waals surface area (Å²) in [7, 11) is 1.56.